The molecule has 1 fully saturated rings. The number of carbonyl (C=O) groups excluding carboxylic acids is 2. The lowest BCUT2D eigenvalue weighted by atomic mass is 10.1. The van der Waals surface area contributed by atoms with Crippen molar-refractivity contribution in [3.63, 3.8) is 0 Å². The van der Waals surface area contributed by atoms with Gasteiger partial charge in [-0.05, 0) is 54.3 Å². The van der Waals surface area contributed by atoms with Gasteiger partial charge in [-0.3, -0.25) is 4.79 Å². The maximum atomic E-state index is 12.6. The molecule has 0 radical (unpaired) electrons. The number of benzene rings is 1. The van der Waals surface area contributed by atoms with E-state index in [9.17, 15) is 9.59 Å². The van der Waals surface area contributed by atoms with Gasteiger partial charge >= 0.3 is 5.97 Å². The zero-order valence-electron chi connectivity index (χ0n) is 15.4. The number of carbonyl (C=O) groups is 2. The minimum absolute atomic E-state index is 0.106. The molecule has 2 aliphatic rings. The van der Waals surface area contributed by atoms with Crippen molar-refractivity contribution in [1.29, 1.82) is 0 Å². The van der Waals surface area contributed by atoms with Crippen molar-refractivity contribution in [3.8, 4) is 11.5 Å². The van der Waals surface area contributed by atoms with Crippen LogP contribution in [0, 0.1) is 0 Å². The quantitative estimate of drug-likeness (QED) is 0.699. The van der Waals surface area contributed by atoms with Gasteiger partial charge in [0.15, 0.2) is 11.5 Å². The van der Waals surface area contributed by atoms with Crippen LogP contribution >= 0.6 is 22.9 Å². The first-order chi connectivity index (χ1) is 13.6. The van der Waals surface area contributed by atoms with Crippen LogP contribution in [0.15, 0.2) is 17.5 Å². The predicted octanol–water partition coefficient (Wildman–Crippen LogP) is 4.41. The molecule has 0 saturated heterocycles. The van der Waals surface area contributed by atoms with Crippen LogP contribution in [0.3, 0.4) is 0 Å². The van der Waals surface area contributed by atoms with Crippen LogP contribution in [0.4, 0.5) is 5.00 Å². The van der Waals surface area contributed by atoms with Crippen molar-refractivity contribution in [2.24, 2.45) is 0 Å². The van der Waals surface area contributed by atoms with Gasteiger partial charge in [0.25, 0.3) is 0 Å². The normalized spacial score (nSPS) is 15.2. The monoisotopic (exact) mass is 421 g/mol. The van der Waals surface area contributed by atoms with Gasteiger partial charge in [0.2, 0.25) is 5.91 Å². The van der Waals surface area contributed by atoms with Gasteiger partial charge in [0.1, 0.15) is 18.2 Å². The first-order valence-corrected chi connectivity index (χ1v) is 10.5. The standard InChI is InChI=1S/C20H20ClNO5S/c1-2-25-20(24)17-13(12-3-4-12)10-28-19(17)22-16(23)9-11-7-14(21)18-15(8-11)26-5-6-27-18/h7-8,10,12H,2-6,9H2,1H3,(H,22,23). The van der Waals surface area contributed by atoms with Crippen molar-refractivity contribution < 1.29 is 23.8 Å². The van der Waals surface area contributed by atoms with Crippen LogP contribution < -0.4 is 14.8 Å². The topological polar surface area (TPSA) is 73.9 Å². The number of rotatable bonds is 6. The molecule has 148 valence electrons. The van der Waals surface area contributed by atoms with E-state index in [1.807, 2.05) is 5.38 Å². The number of nitrogens with one attached hydrogen (secondary N) is 1. The number of fused-ring (bicyclic) bond motifs is 1. The van der Waals surface area contributed by atoms with Crippen LogP contribution in [0.25, 0.3) is 0 Å². The Morgan fingerprint density at radius 2 is 2.07 bits per heavy atom. The Morgan fingerprint density at radius 1 is 1.29 bits per heavy atom. The molecule has 28 heavy (non-hydrogen) atoms. The molecule has 4 rings (SSSR count). The highest BCUT2D eigenvalue weighted by molar-refractivity contribution is 7.15. The van der Waals surface area contributed by atoms with Gasteiger partial charge in [0.05, 0.1) is 23.6 Å². The number of ether oxygens (including phenoxy) is 3. The molecule has 8 heteroatoms. The first kappa shape index (κ1) is 19.1. The van der Waals surface area contributed by atoms with Crippen LogP contribution in [0.2, 0.25) is 5.02 Å². The molecule has 1 aliphatic carbocycles. The lowest BCUT2D eigenvalue weighted by molar-refractivity contribution is -0.115. The maximum absolute atomic E-state index is 12.6. The molecule has 1 aromatic heterocycles. The fourth-order valence-electron chi connectivity index (χ4n) is 3.19. The zero-order chi connectivity index (χ0) is 19.7. The van der Waals surface area contributed by atoms with Crippen molar-refractivity contribution in [3.05, 3.63) is 39.2 Å². The van der Waals surface area contributed by atoms with Gasteiger partial charge in [0, 0.05) is 0 Å². The number of anilines is 1. The zero-order valence-corrected chi connectivity index (χ0v) is 17.0. The molecular formula is C20H20ClNO5S. The fraction of sp³-hybridized carbons (Fsp3) is 0.400. The molecule has 0 unspecified atom stereocenters. The molecule has 0 spiro atoms. The Labute approximate surface area is 171 Å². The van der Waals surface area contributed by atoms with E-state index < -0.39 is 0 Å². The summed E-state index contributed by atoms with van der Waals surface area (Å²) in [6.45, 7) is 2.96. The van der Waals surface area contributed by atoms with E-state index in [1.165, 1.54) is 11.3 Å². The van der Waals surface area contributed by atoms with Crippen LogP contribution in [0.5, 0.6) is 11.5 Å². The summed E-state index contributed by atoms with van der Waals surface area (Å²) in [5.41, 5.74) is 2.17. The molecule has 1 saturated carbocycles. The second-order valence-electron chi connectivity index (χ2n) is 6.72. The van der Waals surface area contributed by atoms with Gasteiger partial charge in [-0.25, -0.2) is 4.79 Å². The number of halogens is 1. The Balaban J connectivity index is 1.51. The average molecular weight is 422 g/mol. The van der Waals surface area contributed by atoms with Crippen molar-refractivity contribution in [2.75, 3.05) is 25.1 Å². The Bertz CT molecular complexity index is 922. The molecule has 0 atom stereocenters. The largest absolute Gasteiger partial charge is 0.486 e. The van der Waals surface area contributed by atoms with E-state index in [4.69, 9.17) is 25.8 Å². The Kier molecular flexibility index (Phi) is 5.46. The third-order valence-corrected chi connectivity index (χ3v) is 5.78. The van der Waals surface area contributed by atoms with Gasteiger partial charge in [-0.2, -0.15) is 0 Å². The lowest BCUT2D eigenvalue weighted by Crippen LogP contribution is -2.18. The van der Waals surface area contributed by atoms with Crippen molar-refractivity contribution in [2.45, 2.75) is 32.1 Å². The summed E-state index contributed by atoms with van der Waals surface area (Å²) in [5.74, 6) is 0.818. The summed E-state index contributed by atoms with van der Waals surface area (Å²) in [6, 6.07) is 3.46. The van der Waals surface area contributed by atoms with Gasteiger partial charge in [-0.15, -0.1) is 11.3 Å². The van der Waals surface area contributed by atoms with E-state index in [0.717, 1.165) is 18.4 Å². The SMILES string of the molecule is CCOC(=O)c1c(C2CC2)csc1NC(=O)Cc1cc(Cl)c2c(c1)OCCO2. The highest BCUT2D eigenvalue weighted by Gasteiger charge is 2.32. The molecule has 2 aromatic rings. The summed E-state index contributed by atoms with van der Waals surface area (Å²) < 4.78 is 16.2. The molecule has 1 N–H and O–H groups in total. The molecule has 1 aromatic carbocycles. The maximum Gasteiger partial charge on any atom is 0.341 e. The third kappa shape index (κ3) is 3.95. The van der Waals surface area contributed by atoms with E-state index >= 15 is 0 Å². The van der Waals surface area contributed by atoms with E-state index in [-0.39, 0.29) is 18.3 Å². The molecule has 1 aliphatic heterocycles. The number of esters is 1. The minimum Gasteiger partial charge on any atom is -0.486 e. The van der Waals surface area contributed by atoms with Crippen molar-refractivity contribution >= 4 is 39.8 Å². The third-order valence-electron chi connectivity index (χ3n) is 4.59. The number of hydrogen-bond acceptors (Lipinski definition) is 6. The average Bonchev–Trinajstić information content (AvgIpc) is 3.42. The summed E-state index contributed by atoms with van der Waals surface area (Å²) in [7, 11) is 0. The summed E-state index contributed by atoms with van der Waals surface area (Å²) >= 11 is 7.60. The van der Waals surface area contributed by atoms with E-state index in [2.05, 4.69) is 5.32 Å². The van der Waals surface area contributed by atoms with Gasteiger partial charge < -0.3 is 19.5 Å². The molecular weight excluding hydrogens is 402 g/mol. The highest BCUT2D eigenvalue weighted by Crippen LogP contribution is 2.46. The predicted molar refractivity (Wildman–Crippen MR) is 107 cm³/mol. The summed E-state index contributed by atoms with van der Waals surface area (Å²) in [6.07, 6.45) is 2.23. The number of thiophene rings is 1. The molecule has 0 bridgehead atoms. The van der Waals surface area contributed by atoms with E-state index in [0.29, 0.717) is 58.4 Å². The molecule has 6 nitrogen and oxygen atoms in total. The lowest BCUT2D eigenvalue weighted by Gasteiger charge is -2.20. The summed E-state index contributed by atoms with van der Waals surface area (Å²) in [5, 5.41) is 5.76. The molecule has 2 heterocycles. The first-order valence-electron chi connectivity index (χ1n) is 9.23. The highest BCUT2D eigenvalue weighted by atomic mass is 35.5. The summed E-state index contributed by atoms with van der Waals surface area (Å²) in [4.78, 5) is 25.0. The second kappa shape index (κ2) is 8.01. The molecule has 1 amide bonds. The van der Waals surface area contributed by atoms with Crippen LogP contribution in [0.1, 0.15) is 47.2 Å². The number of amides is 1. The fourth-order valence-corrected chi connectivity index (χ4v) is 4.53. The minimum atomic E-state index is -0.386. The smallest absolute Gasteiger partial charge is 0.341 e. The van der Waals surface area contributed by atoms with Crippen LogP contribution in [-0.2, 0) is 16.0 Å². The Morgan fingerprint density at radius 3 is 2.82 bits per heavy atom. The Hall–Kier alpha value is -2.25. The van der Waals surface area contributed by atoms with E-state index in [1.54, 1.807) is 19.1 Å². The van der Waals surface area contributed by atoms with Crippen LogP contribution in [-0.4, -0.2) is 31.7 Å². The number of hydrogen-bond donors (Lipinski definition) is 1. The van der Waals surface area contributed by atoms with Crippen molar-refractivity contribution in [1.82, 2.24) is 0 Å². The van der Waals surface area contributed by atoms with Gasteiger partial charge in [-0.1, -0.05) is 11.6 Å². The second-order valence-corrected chi connectivity index (χ2v) is 8.00.